The first kappa shape index (κ1) is 54.5. The molecular formula is C50H84NO7+. The average molecular weight is 811 g/mol. The van der Waals surface area contributed by atoms with Crippen LogP contribution < -0.4 is 0 Å². The molecule has 2 atom stereocenters. The van der Waals surface area contributed by atoms with E-state index in [0.29, 0.717) is 19.3 Å². The van der Waals surface area contributed by atoms with Gasteiger partial charge in [0.1, 0.15) is 6.61 Å². The van der Waals surface area contributed by atoms with Crippen molar-refractivity contribution in [2.24, 2.45) is 0 Å². The lowest BCUT2D eigenvalue weighted by molar-refractivity contribution is -0.887. The first-order valence-corrected chi connectivity index (χ1v) is 22.6. The Hall–Kier alpha value is -3.49. The molecule has 1 N–H and O–H groups in total. The van der Waals surface area contributed by atoms with E-state index in [0.717, 1.165) is 103 Å². The number of carbonyl (C=O) groups is 3. The molecule has 0 aliphatic rings. The van der Waals surface area contributed by atoms with E-state index in [-0.39, 0.29) is 36.2 Å². The van der Waals surface area contributed by atoms with Crippen LogP contribution in [0.15, 0.2) is 85.1 Å². The van der Waals surface area contributed by atoms with Gasteiger partial charge >= 0.3 is 17.9 Å². The van der Waals surface area contributed by atoms with Crippen LogP contribution in [0.25, 0.3) is 0 Å². The van der Waals surface area contributed by atoms with Crippen molar-refractivity contribution in [3.8, 4) is 0 Å². The highest BCUT2D eigenvalue weighted by atomic mass is 16.6. The number of nitrogens with zero attached hydrogens (tertiary/aromatic N) is 1. The summed E-state index contributed by atoms with van der Waals surface area (Å²) in [6.07, 6.45) is 52.0. The first-order chi connectivity index (χ1) is 28.1. The number of unbranched alkanes of at least 4 members (excludes halogenated alkanes) is 11. The predicted molar refractivity (Wildman–Crippen MR) is 243 cm³/mol. The van der Waals surface area contributed by atoms with Gasteiger partial charge in [-0.15, -0.1) is 0 Å². The van der Waals surface area contributed by atoms with Gasteiger partial charge in [-0.1, -0.05) is 144 Å². The van der Waals surface area contributed by atoms with Gasteiger partial charge in [0.15, 0.2) is 12.1 Å². The maximum absolute atomic E-state index is 12.7. The van der Waals surface area contributed by atoms with Crippen molar-refractivity contribution in [3.63, 3.8) is 0 Å². The number of hydrogen-bond acceptors (Lipinski definition) is 6. The quantitative estimate of drug-likeness (QED) is 0.0286. The highest BCUT2D eigenvalue weighted by Gasteiger charge is 2.31. The zero-order valence-corrected chi connectivity index (χ0v) is 37.5. The molecule has 8 nitrogen and oxygen atoms in total. The lowest BCUT2D eigenvalue weighted by Gasteiger charge is -2.31. The number of allylic oxidation sites excluding steroid dienone is 14. The second-order valence-corrected chi connectivity index (χ2v) is 15.9. The van der Waals surface area contributed by atoms with Crippen LogP contribution >= 0.6 is 0 Å². The van der Waals surface area contributed by atoms with Gasteiger partial charge in [0.2, 0.25) is 0 Å². The lowest BCUT2D eigenvalue weighted by atomic mass is 10.1. The van der Waals surface area contributed by atoms with Crippen molar-refractivity contribution in [2.45, 2.75) is 174 Å². The van der Waals surface area contributed by atoms with E-state index in [9.17, 15) is 19.5 Å². The second-order valence-electron chi connectivity index (χ2n) is 15.9. The summed E-state index contributed by atoms with van der Waals surface area (Å²) in [5.74, 6) is -1.52. The zero-order chi connectivity index (χ0) is 42.8. The molecule has 0 aliphatic heterocycles. The summed E-state index contributed by atoms with van der Waals surface area (Å²) in [5.41, 5.74) is 0. The van der Waals surface area contributed by atoms with Gasteiger partial charge in [0, 0.05) is 19.3 Å². The Labute approximate surface area is 354 Å². The fourth-order valence-electron chi connectivity index (χ4n) is 6.10. The molecule has 2 unspecified atom stereocenters. The van der Waals surface area contributed by atoms with Crippen LogP contribution in [-0.4, -0.2) is 80.6 Å². The number of carboxylic acids is 1. The predicted octanol–water partition coefficient (Wildman–Crippen LogP) is 12.5. The Morgan fingerprint density at radius 1 is 0.517 bits per heavy atom. The smallest absolute Gasteiger partial charge is 0.362 e. The SMILES string of the molecule is CC/C=C/C/C=C/C/C=C/C/C=C/C/C=C/CCCCCCC(=O)OCC(COCCC(C(=O)O)[N+](C)(C)C)OC(=O)CCCCCCCCC/C=C/C/C=C/CC. The van der Waals surface area contributed by atoms with Crippen LogP contribution in [0, 0.1) is 0 Å². The Balaban J connectivity index is 4.39. The van der Waals surface area contributed by atoms with Crippen molar-refractivity contribution in [1.29, 1.82) is 0 Å². The zero-order valence-electron chi connectivity index (χ0n) is 37.5. The molecule has 0 fully saturated rings. The number of carbonyl (C=O) groups excluding carboxylic acids is 2. The summed E-state index contributed by atoms with van der Waals surface area (Å²) in [4.78, 5) is 37.0. The fraction of sp³-hybridized carbons (Fsp3) is 0.660. The van der Waals surface area contributed by atoms with Crippen molar-refractivity contribution in [1.82, 2.24) is 0 Å². The maximum atomic E-state index is 12.7. The van der Waals surface area contributed by atoms with Gasteiger partial charge in [-0.25, -0.2) is 4.79 Å². The van der Waals surface area contributed by atoms with Crippen LogP contribution in [0.3, 0.4) is 0 Å². The largest absolute Gasteiger partial charge is 0.477 e. The van der Waals surface area contributed by atoms with Gasteiger partial charge in [0.05, 0.1) is 34.4 Å². The Bertz CT molecular complexity index is 1220. The number of quaternary nitrogens is 1. The highest BCUT2D eigenvalue weighted by molar-refractivity contribution is 5.72. The van der Waals surface area contributed by atoms with E-state index < -0.39 is 18.1 Å². The van der Waals surface area contributed by atoms with Crippen LogP contribution in [0.2, 0.25) is 0 Å². The van der Waals surface area contributed by atoms with Crippen molar-refractivity contribution in [2.75, 3.05) is 41.0 Å². The van der Waals surface area contributed by atoms with E-state index in [1.54, 1.807) is 0 Å². The maximum Gasteiger partial charge on any atom is 0.362 e. The number of likely N-dealkylation sites (N-methyl/N-ethyl adjacent to an activating group) is 1. The van der Waals surface area contributed by atoms with E-state index in [4.69, 9.17) is 14.2 Å². The number of ether oxygens (including phenoxy) is 3. The summed E-state index contributed by atoms with van der Waals surface area (Å²) in [7, 11) is 5.51. The van der Waals surface area contributed by atoms with Gasteiger partial charge < -0.3 is 23.8 Å². The standard InChI is InChI=1S/C50H83NO7/c1-6-8-10-12-14-16-18-20-22-23-24-25-26-27-29-30-32-34-36-38-40-48(52)57-45-46(44-56-43-42-47(50(54)55)51(3,4)5)58-49(53)41-39-37-35-33-31-28-21-19-17-15-13-11-9-7-2/h8-11,14-17,20,22,24-25,27,29,46-47H,6-7,12-13,18-19,21,23,26,28,30-45H2,1-5H3/p+1/b10-8+,11-9+,16-14+,17-15+,22-20+,25-24+,29-27+. The minimum atomic E-state index is -0.884. The normalized spacial score (nSPS) is 13.7. The molecule has 0 aromatic carbocycles. The molecule has 0 rings (SSSR count). The summed E-state index contributed by atoms with van der Waals surface area (Å²) in [6.45, 7) is 4.47. The lowest BCUT2D eigenvalue weighted by Crippen LogP contribution is -2.50. The van der Waals surface area contributed by atoms with Crippen molar-refractivity contribution in [3.05, 3.63) is 85.1 Å². The third-order valence-corrected chi connectivity index (χ3v) is 9.54. The van der Waals surface area contributed by atoms with Crippen LogP contribution in [-0.2, 0) is 28.6 Å². The molecule has 0 amide bonds. The molecule has 0 bridgehead atoms. The molecule has 0 saturated heterocycles. The van der Waals surface area contributed by atoms with E-state index in [1.807, 2.05) is 21.1 Å². The van der Waals surface area contributed by atoms with Crippen molar-refractivity contribution >= 4 is 17.9 Å². The Kier molecular flexibility index (Phi) is 37.9. The molecular weight excluding hydrogens is 727 g/mol. The molecule has 58 heavy (non-hydrogen) atoms. The number of aliphatic carboxylic acids is 1. The summed E-state index contributed by atoms with van der Waals surface area (Å²) in [5, 5.41) is 9.62. The number of hydrogen-bond donors (Lipinski definition) is 1. The van der Waals surface area contributed by atoms with Crippen LogP contribution in [0.4, 0.5) is 0 Å². The fourth-order valence-corrected chi connectivity index (χ4v) is 6.10. The molecule has 0 aliphatic carbocycles. The third-order valence-electron chi connectivity index (χ3n) is 9.54. The molecule has 0 saturated carbocycles. The topological polar surface area (TPSA) is 99.1 Å². The minimum Gasteiger partial charge on any atom is -0.477 e. The number of esters is 2. The van der Waals surface area contributed by atoms with Crippen LogP contribution in [0.1, 0.15) is 162 Å². The summed E-state index contributed by atoms with van der Waals surface area (Å²) in [6, 6.07) is -0.624. The minimum absolute atomic E-state index is 0.0446. The summed E-state index contributed by atoms with van der Waals surface area (Å²) < 4.78 is 17.3. The molecule has 0 spiro atoms. The van der Waals surface area contributed by atoms with Gasteiger partial charge in [-0.3, -0.25) is 9.59 Å². The number of rotatable bonds is 39. The average Bonchev–Trinajstić information content (AvgIpc) is 3.18. The molecule has 0 heterocycles. The molecule has 0 radical (unpaired) electrons. The van der Waals surface area contributed by atoms with E-state index >= 15 is 0 Å². The first-order valence-electron chi connectivity index (χ1n) is 22.6. The van der Waals surface area contributed by atoms with Crippen molar-refractivity contribution < 1.29 is 38.2 Å². The number of carboxylic acid groups (broad SMARTS) is 1. The molecule has 8 heteroatoms. The van der Waals surface area contributed by atoms with Crippen LogP contribution in [0.5, 0.6) is 0 Å². The Morgan fingerprint density at radius 3 is 1.34 bits per heavy atom. The van der Waals surface area contributed by atoms with E-state index in [2.05, 4.69) is 98.9 Å². The third kappa shape index (κ3) is 38.1. The monoisotopic (exact) mass is 811 g/mol. The van der Waals surface area contributed by atoms with Gasteiger partial charge in [-0.2, -0.15) is 0 Å². The van der Waals surface area contributed by atoms with E-state index in [1.165, 1.54) is 25.7 Å². The highest BCUT2D eigenvalue weighted by Crippen LogP contribution is 2.13. The summed E-state index contributed by atoms with van der Waals surface area (Å²) >= 11 is 0. The Morgan fingerprint density at radius 2 is 0.914 bits per heavy atom. The molecule has 0 aromatic heterocycles. The van der Waals surface area contributed by atoms with Gasteiger partial charge in [0.25, 0.3) is 0 Å². The molecule has 330 valence electrons. The van der Waals surface area contributed by atoms with Gasteiger partial charge in [-0.05, 0) is 83.5 Å². The molecule has 0 aromatic rings. The second kappa shape index (κ2) is 40.3.